The number of nitrogens with zero attached hydrogens (tertiary/aromatic N) is 3. The van der Waals surface area contributed by atoms with Gasteiger partial charge in [0.2, 0.25) is 0 Å². The molecule has 0 fully saturated rings. The summed E-state index contributed by atoms with van der Waals surface area (Å²) in [5, 5.41) is 24.4. The predicted molar refractivity (Wildman–Crippen MR) is 129 cm³/mol. The molecule has 7 heteroatoms. The van der Waals surface area contributed by atoms with Gasteiger partial charge in [0.15, 0.2) is 0 Å². The quantitative estimate of drug-likeness (QED) is 0.446. The number of aliphatic hydroxyl groups is 1. The number of fused-ring (bicyclic) bond motifs is 5. The molecule has 1 aromatic carbocycles. The van der Waals surface area contributed by atoms with E-state index >= 15 is 0 Å². The van der Waals surface area contributed by atoms with E-state index in [0.717, 1.165) is 27.7 Å². The molecule has 4 aliphatic heterocycles. The Labute approximate surface area is 217 Å². The van der Waals surface area contributed by atoms with Gasteiger partial charge in [0.05, 0.1) is 40.2 Å². The summed E-state index contributed by atoms with van der Waals surface area (Å²) >= 11 is 0. The van der Waals surface area contributed by atoms with Crippen molar-refractivity contribution in [1.29, 1.82) is 0 Å². The Morgan fingerprint density at radius 3 is 1.97 bits per heavy atom. The second-order valence-electron chi connectivity index (χ2n) is 7.84. The predicted octanol–water partition coefficient (Wildman–Crippen LogP) is -0.621. The number of H-pyrrole nitrogens is 1. The van der Waals surface area contributed by atoms with Crippen molar-refractivity contribution in [3.8, 4) is 0 Å². The zero-order chi connectivity index (χ0) is 22.4. The van der Waals surface area contributed by atoms with Crippen LogP contribution in [0.1, 0.15) is 5.56 Å². The Morgan fingerprint density at radius 1 is 0.735 bits per heavy atom. The maximum absolute atomic E-state index is 12.4. The third-order valence-electron chi connectivity index (χ3n) is 5.55. The molecule has 0 aliphatic carbocycles. The average molecular weight is 452 g/mol. The first kappa shape index (κ1) is 22.1. The molecular weight excluding hydrogens is 435 g/mol. The summed E-state index contributed by atoms with van der Waals surface area (Å²) in [6.45, 7) is 0. The number of aromatic amines is 1. The fraction of sp³-hybridized carbons (Fsp3) is 0. The van der Waals surface area contributed by atoms with E-state index in [9.17, 15) is 10.2 Å². The number of aliphatic hydroxyl groups excluding tert-OH is 1. The van der Waals surface area contributed by atoms with Gasteiger partial charge in [-0.15, -0.1) is 0 Å². The second-order valence-corrected chi connectivity index (χ2v) is 7.84. The Bertz CT molecular complexity index is 1600. The topological polar surface area (TPSA) is 96.2 Å². The Kier molecular flexibility index (Phi) is 5.79. The minimum atomic E-state index is -1.04. The van der Waals surface area contributed by atoms with Crippen molar-refractivity contribution in [3.05, 3.63) is 124 Å². The number of aromatic nitrogens is 1. The summed E-state index contributed by atoms with van der Waals surface area (Å²) in [5.41, 5.74) is 5.35. The number of hydrogen-bond acceptors (Lipinski definition) is 5. The van der Waals surface area contributed by atoms with E-state index in [-0.39, 0.29) is 35.1 Å². The van der Waals surface area contributed by atoms with E-state index in [0.29, 0.717) is 28.4 Å². The van der Waals surface area contributed by atoms with Gasteiger partial charge in [-0.1, -0.05) is 30.3 Å². The summed E-state index contributed by atoms with van der Waals surface area (Å²) in [4.78, 5) is 17.4. The Hall–Kier alpha value is -3.71. The van der Waals surface area contributed by atoms with Gasteiger partial charge >= 0.3 is 29.6 Å². The molecule has 6 nitrogen and oxygen atoms in total. The van der Waals surface area contributed by atoms with Gasteiger partial charge in [0.1, 0.15) is 0 Å². The minimum absolute atomic E-state index is 0. The van der Waals surface area contributed by atoms with Crippen molar-refractivity contribution >= 4 is 34.9 Å². The molecule has 6 rings (SSSR count). The van der Waals surface area contributed by atoms with Crippen LogP contribution in [0.5, 0.6) is 0 Å². The maximum atomic E-state index is 12.4. The molecule has 0 atom stereocenters. The van der Waals surface area contributed by atoms with Crippen LogP contribution in [0.3, 0.4) is 0 Å². The first-order valence-electron chi connectivity index (χ1n) is 10.5. The first-order chi connectivity index (χ1) is 16.1. The van der Waals surface area contributed by atoms with Crippen molar-refractivity contribution in [2.75, 3.05) is 0 Å². The number of benzene rings is 1. The molecule has 4 aliphatic rings. The van der Waals surface area contributed by atoms with E-state index in [1.54, 1.807) is 6.08 Å². The third kappa shape index (κ3) is 4.15. The molecule has 0 spiro atoms. The monoisotopic (exact) mass is 452 g/mol. The number of nitrogens with one attached hydrogen (secondary N) is 1. The molecule has 8 bridgehead atoms. The molecule has 0 radical (unpaired) electrons. The van der Waals surface area contributed by atoms with Crippen molar-refractivity contribution in [2.24, 2.45) is 15.0 Å². The van der Waals surface area contributed by atoms with Crippen LogP contribution < -0.4 is 45.4 Å². The normalized spacial score (nSPS) is 19.4. The Morgan fingerprint density at radius 2 is 1.35 bits per heavy atom. The molecule has 2 aromatic rings. The first-order valence-corrected chi connectivity index (χ1v) is 10.5. The van der Waals surface area contributed by atoms with Crippen LogP contribution in [0.2, 0.25) is 0 Å². The smallest absolute Gasteiger partial charge is 0.629 e. The van der Waals surface area contributed by atoms with Gasteiger partial charge in [-0.25, -0.2) is 15.0 Å². The fourth-order valence-corrected chi connectivity index (χ4v) is 4.13. The number of aliphatic imine (C=N–C) groups is 3. The molecule has 34 heavy (non-hydrogen) atoms. The zero-order valence-corrected chi connectivity index (χ0v) is 20.4. The molecule has 0 saturated carbocycles. The fourth-order valence-electron chi connectivity index (χ4n) is 4.13. The summed E-state index contributed by atoms with van der Waals surface area (Å²) in [6, 6.07) is 13.4. The summed E-state index contributed by atoms with van der Waals surface area (Å²) in [6.07, 6.45) is 15.0. The van der Waals surface area contributed by atoms with Gasteiger partial charge in [-0.2, -0.15) is 0 Å². The SMILES string of the molecule is [Na+].[O-]C(O)=C1C2=NC(=C1c1ccccc1)C=C1C=CC(=N1)C=c1ccc([nH]1)=CC1=NC(=C2)C=C1. The second kappa shape index (κ2) is 8.91. The zero-order valence-electron chi connectivity index (χ0n) is 18.4. The number of hydrogen-bond donors (Lipinski definition) is 2. The van der Waals surface area contributed by atoms with Crippen LogP contribution in [-0.4, -0.2) is 27.2 Å². The molecule has 2 N–H and O–H groups in total. The molecule has 5 heterocycles. The van der Waals surface area contributed by atoms with Gasteiger partial charge in [0.25, 0.3) is 0 Å². The maximum Gasteiger partial charge on any atom is 1.00 e. The van der Waals surface area contributed by atoms with Crippen LogP contribution in [-0.2, 0) is 0 Å². The average Bonchev–Trinajstić information content (AvgIpc) is 3.58. The van der Waals surface area contributed by atoms with Crippen molar-refractivity contribution < 1.29 is 39.8 Å². The molecule has 0 saturated heterocycles. The van der Waals surface area contributed by atoms with Crippen LogP contribution in [0, 0.1) is 0 Å². The number of rotatable bonds is 1. The molecule has 158 valence electrons. The van der Waals surface area contributed by atoms with E-state index in [1.807, 2.05) is 85.0 Å². The van der Waals surface area contributed by atoms with E-state index in [2.05, 4.69) is 15.0 Å². The Balaban J connectivity index is 0.00000241. The van der Waals surface area contributed by atoms with Crippen LogP contribution in [0.4, 0.5) is 0 Å². The van der Waals surface area contributed by atoms with Crippen LogP contribution in [0.15, 0.2) is 123 Å². The van der Waals surface area contributed by atoms with Crippen molar-refractivity contribution in [2.45, 2.75) is 0 Å². The van der Waals surface area contributed by atoms with Crippen LogP contribution in [0.25, 0.3) is 17.7 Å². The third-order valence-corrected chi connectivity index (χ3v) is 5.55. The molecule has 1 aromatic heterocycles. The van der Waals surface area contributed by atoms with Crippen molar-refractivity contribution in [1.82, 2.24) is 4.98 Å². The van der Waals surface area contributed by atoms with Gasteiger partial charge in [0, 0.05) is 21.8 Å². The minimum Gasteiger partial charge on any atom is -0.629 e. The van der Waals surface area contributed by atoms with E-state index < -0.39 is 5.95 Å². The van der Waals surface area contributed by atoms with Gasteiger partial charge in [-0.3, -0.25) is 0 Å². The summed E-state index contributed by atoms with van der Waals surface area (Å²) in [7, 11) is 0. The van der Waals surface area contributed by atoms with Gasteiger partial charge in [-0.05, 0) is 66.3 Å². The van der Waals surface area contributed by atoms with Crippen molar-refractivity contribution in [3.63, 3.8) is 0 Å². The number of allylic oxidation sites excluding steroid dienone is 8. The molecule has 0 unspecified atom stereocenters. The molecule has 0 amide bonds. The van der Waals surface area contributed by atoms with E-state index in [1.165, 1.54) is 0 Å². The van der Waals surface area contributed by atoms with Crippen LogP contribution >= 0.6 is 0 Å². The summed E-state index contributed by atoms with van der Waals surface area (Å²) < 4.78 is 0. The van der Waals surface area contributed by atoms with Gasteiger partial charge < -0.3 is 15.2 Å². The summed E-state index contributed by atoms with van der Waals surface area (Å²) in [5.74, 6) is -1.04. The standard InChI is InChI=1S/C27H18N4O2.Na/c32-27(33)26-24-15-22-11-9-20(30-22)13-18-7-6-17(28-18)12-19-8-10-21(29-19)14-23(31-24)25(26)16-4-2-1-3-5-16;/h1-15,28,32-33H;/q;+1/p-1. The molecular formula is C27H17N4NaO2. The largest absolute Gasteiger partial charge is 1.00 e. The van der Waals surface area contributed by atoms with E-state index in [4.69, 9.17) is 4.99 Å².